The fraction of sp³-hybridized carbons (Fsp3) is 0.485. The van der Waals surface area contributed by atoms with E-state index in [0.717, 1.165) is 49.9 Å². The van der Waals surface area contributed by atoms with Gasteiger partial charge in [0.05, 0.1) is 0 Å². The van der Waals surface area contributed by atoms with Gasteiger partial charge >= 0.3 is 18.9 Å². The lowest BCUT2D eigenvalue weighted by atomic mass is 10.1. The summed E-state index contributed by atoms with van der Waals surface area (Å²) >= 11 is 0. The Kier molecular flexibility index (Phi) is 14.3. The number of hydrogen-bond donors (Lipinski definition) is 1. The van der Waals surface area contributed by atoms with Gasteiger partial charge in [0.2, 0.25) is 11.8 Å². The second-order valence-electron chi connectivity index (χ2n) is 11.7. The number of hydrogen-bond acceptors (Lipinski definition) is 9. The third-order valence-electron chi connectivity index (χ3n) is 6.50. The Hall–Kier alpha value is -4.33. The van der Waals surface area contributed by atoms with Crippen molar-refractivity contribution in [3.8, 4) is 22.9 Å². The van der Waals surface area contributed by atoms with Gasteiger partial charge in [-0.2, -0.15) is 17.6 Å². The molecule has 0 radical (unpaired) electrons. The van der Waals surface area contributed by atoms with Gasteiger partial charge in [-0.05, 0) is 75.5 Å². The van der Waals surface area contributed by atoms with Gasteiger partial charge in [-0.15, -0.1) is 20.4 Å². The van der Waals surface area contributed by atoms with Gasteiger partial charge in [0.1, 0.15) is 5.60 Å². The highest BCUT2D eigenvalue weighted by Crippen LogP contribution is 2.25. The first-order valence-electron chi connectivity index (χ1n) is 15.5. The van der Waals surface area contributed by atoms with Crippen molar-refractivity contribution in [3.63, 3.8) is 0 Å². The fourth-order valence-corrected chi connectivity index (χ4v) is 4.06. The molecule has 0 unspecified atom stereocenters. The van der Waals surface area contributed by atoms with Gasteiger partial charge in [0, 0.05) is 30.8 Å². The summed E-state index contributed by atoms with van der Waals surface area (Å²) in [4.78, 5) is 14.1. The molecule has 0 fully saturated rings. The molecule has 2 heterocycles. The van der Waals surface area contributed by atoms with Crippen LogP contribution in [0.15, 0.2) is 57.4 Å². The van der Waals surface area contributed by atoms with Gasteiger partial charge < -0.3 is 23.8 Å². The predicted molar refractivity (Wildman–Crippen MR) is 168 cm³/mol. The van der Waals surface area contributed by atoms with Gasteiger partial charge in [0.15, 0.2) is 0 Å². The third-order valence-corrected chi connectivity index (χ3v) is 6.50. The number of nitrogens with zero attached hydrogens (tertiary/aromatic N) is 5. The van der Waals surface area contributed by atoms with E-state index in [1.807, 2.05) is 32.9 Å². The van der Waals surface area contributed by atoms with Crippen LogP contribution in [0, 0.1) is 0 Å². The molecule has 10 nitrogen and oxygen atoms in total. The second-order valence-corrected chi connectivity index (χ2v) is 11.7. The molecule has 1 N–H and O–H groups in total. The average Bonchev–Trinajstić information content (AvgIpc) is 3.73. The smallest absolute Gasteiger partial charge is 0.410 e. The predicted octanol–water partition coefficient (Wildman–Crippen LogP) is 8.78. The number of carbonyl (C=O) groups is 1. The summed E-state index contributed by atoms with van der Waals surface area (Å²) in [6.07, 6.45) is -1.76. The normalized spacial score (nSPS) is 11.5. The standard InChI is InChI=1S/C19H25F2N3O3.C14H17F2N3O/c1-5-6-11-24(18(25)27-19(2,3)4)12-13-7-9-14(10-8-13)16-22-23-17(26-16)15(20)21;1-2-3-8-17-9-10-4-6-11(7-5-10)13-18-19-14(20-13)12(15)16/h7-10,15H,5-6,11-12H2,1-4H3;4-7,12,17H,2-3,8-9H2,1H3. The number of unbranched alkanes of at least 4 members (excludes halogenated alkanes) is 2. The topological polar surface area (TPSA) is 119 Å². The number of ether oxygens (including phenoxy) is 1. The van der Waals surface area contributed by atoms with Crippen molar-refractivity contribution in [3.05, 3.63) is 71.4 Å². The van der Waals surface area contributed by atoms with E-state index in [-0.39, 0.29) is 17.9 Å². The Morgan fingerprint density at radius 3 is 1.70 bits per heavy atom. The lowest BCUT2D eigenvalue weighted by Crippen LogP contribution is -2.37. The van der Waals surface area contributed by atoms with Crippen LogP contribution in [0.4, 0.5) is 22.4 Å². The minimum Gasteiger partial charge on any atom is -0.444 e. The summed E-state index contributed by atoms with van der Waals surface area (Å²) < 4.78 is 65.1. The van der Waals surface area contributed by atoms with E-state index in [0.29, 0.717) is 24.2 Å². The first-order valence-corrected chi connectivity index (χ1v) is 15.5. The van der Waals surface area contributed by atoms with E-state index in [9.17, 15) is 22.4 Å². The molecule has 0 saturated carbocycles. The van der Waals surface area contributed by atoms with Crippen LogP contribution in [0.5, 0.6) is 0 Å². The summed E-state index contributed by atoms with van der Waals surface area (Å²) in [5.41, 5.74) is 2.62. The van der Waals surface area contributed by atoms with Gasteiger partial charge in [-0.25, -0.2) is 4.79 Å². The summed E-state index contributed by atoms with van der Waals surface area (Å²) in [5.74, 6) is -1.20. The average molecular weight is 663 g/mol. The zero-order chi connectivity index (χ0) is 34.4. The molecule has 256 valence electrons. The van der Waals surface area contributed by atoms with Crippen LogP contribution in [0.1, 0.15) is 96.1 Å². The molecule has 0 aliphatic carbocycles. The number of aromatic nitrogens is 4. The van der Waals surface area contributed by atoms with Crippen molar-refractivity contribution in [2.45, 2.75) is 91.8 Å². The molecular weight excluding hydrogens is 620 g/mol. The number of halogens is 4. The molecule has 4 rings (SSSR count). The van der Waals surface area contributed by atoms with Gasteiger partial charge in [-0.3, -0.25) is 0 Å². The molecule has 0 atom stereocenters. The van der Waals surface area contributed by atoms with E-state index in [2.05, 4.69) is 39.6 Å². The van der Waals surface area contributed by atoms with Crippen molar-refractivity contribution in [2.24, 2.45) is 0 Å². The largest absolute Gasteiger partial charge is 0.444 e. The Morgan fingerprint density at radius 2 is 1.28 bits per heavy atom. The van der Waals surface area contributed by atoms with Crippen LogP contribution in [0.3, 0.4) is 0 Å². The van der Waals surface area contributed by atoms with Crippen LogP contribution in [-0.4, -0.2) is 50.1 Å². The molecule has 0 spiro atoms. The van der Waals surface area contributed by atoms with Crippen LogP contribution in [-0.2, 0) is 17.8 Å². The molecule has 4 aromatic rings. The molecule has 1 amide bonds. The SMILES string of the molecule is CCCCN(Cc1ccc(-c2nnc(C(F)F)o2)cc1)C(=O)OC(C)(C)C.CCCCNCc1ccc(-c2nnc(C(F)F)o2)cc1. The molecule has 2 aromatic heterocycles. The maximum atomic E-state index is 12.6. The minimum absolute atomic E-state index is 0.0341. The Balaban J connectivity index is 0.000000267. The quantitative estimate of drug-likeness (QED) is 0.104. The van der Waals surface area contributed by atoms with E-state index in [4.69, 9.17) is 13.6 Å². The summed E-state index contributed by atoms with van der Waals surface area (Å²) in [5, 5.41) is 17.2. The highest BCUT2D eigenvalue weighted by atomic mass is 19.3. The minimum atomic E-state index is -2.80. The summed E-state index contributed by atoms with van der Waals surface area (Å²) in [7, 11) is 0. The Bertz CT molecular complexity index is 1490. The zero-order valence-corrected chi connectivity index (χ0v) is 27.3. The van der Waals surface area contributed by atoms with Crippen molar-refractivity contribution >= 4 is 6.09 Å². The first-order chi connectivity index (χ1) is 22.4. The lowest BCUT2D eigenvalue weighted by Gasteiger charge is -2.27. The van der Waals surface area contributed by atoms with Crippen molar-refractivity contribution in [1.82, 2.24) is 30.6 Å². The molecule has 47 heavy (non-hydrogen) atoms. The molecule has 0 saturated heterocycles. The molecule has 0 aliphatic heterocycles. The number of alkyl halides is 4. The number of amides is 1. The molecule has 0 bridgehead atoms. The Labute approximate surface area is 271 Å². The van der Waals surface area contributed by atoms with Gasteiger partial charge in [-0.1, -0.05) is 51.0 Å². The van der Waals surface area contributed by atoms with Crippen LogP contribution in [0.25, 0.3) is 22.9 Å². The third kappa shape index (κ3) is 12.4. The highest BCUT2D eigenvalue weighted by molar-refractivity contribution is 5.68. The van der Waals surface area contributed by atoms with Gasteiger partial charge in [0.25, 0.3) is 11.8 Å². The second kappa shape index (κ2) is 18.1. The van der Waals surface area contributed by atoms with E-state index in [1.165, 1.54) is 0 Å². The van der Waals surface area contributed by atoms with Crippen molar-refractivity contribution < 1.29 is 35.9 Å². The number of rotatable bonds is 14. The molecule has 0 aliphatic rings. The van der Waals surface area contributed by atoms with E-state index >= 15 is 0 Å². The van der Waals surface area contributed by atoms with Crippen LogP contribution < -0.4 is 5.32 Å². The number of benzene rings is 2. The maximum Gasteiger partial charge on any atom is 0.410 e. The van der Waals surface area contributed by atoms with Crippen LogP contribution in [0.2, 0.25) is 0 Å². The number of nitrogens with one attached hydrogen (secondary N) is 1. The van der Waals surface area contributed by atoms with Crippen LogP contribution >= 0.6 is 0 Å². The lowest BCUT2D eigenvalue weighted by molar-refractivity contribution is 0.0231. The summed E-state index contributed by atoms with van der Waals surface area (Å²) in [6.45, 7) is 12.4. The monoisotopic (exact) mass is 662 g/mol. The Morgan fingerprint density at radius 1 is 0.787 bits per heavy atom. The molecule has 2 aromatic carbocycles. The fourth-order valence-electron chi connectivity index (χ4n) is 4.06. The zero-order valence-electron chi connectivity index (χ0n) is 27.3. The molecular formula is C33H42F4N6O4. The maximum absolute atomic E-state index is 12.6. The number of carbonyl (C=O) groups excluding carboxylic acids is 1. The van der Waals surface area contributed by atoms with E-state index in [1.54, 1.807) is 41.3 Å². The summed E-state index contributed by atoms with van der Waals surface area (Å²) in [6, 6.07) is 14.4. The van der Waals surface area contributed by atoms with Crippen molar-refractivity contribution in [1.29, 1.82) is 0 Å². The first kappa shape index (κ1) is 37.1. The molecule has 14 heteroatoms. The van der Waals surface area contributed by atoms with Crippen molar-refractivity contribution in [2.75, 3.05) is 13.1 Å². The van der Waals surface area contributed by atoms with E-state index < -0.39 is 30.2 Å². The highest BCUT2D eigenvalue weighted by Gasteiger charge is 2.22.